The molecule has 1 aromatic carbocycles. The van der Waals surface area contributed by atoms with E-state index in [0.29, 0.717) is 11.5 Å². The van der Waals surface area contributed by atoms with Crippen LogP contribution >= 0.6 is 11.6 Å². The highest BCUT2D eigenvalue weighted by atomic mass is 35.5. The largest absolute Gasteiger partial charge is 0.508 e. The van der Waals surface area contributed by atoms with Gasteiger partial charge in [0, 0.05) is 11.6 Å². The molecule has 0 radical (unpaired) electrons. The van der Waals surface area contributed by atoms with E-state index in [1.165, 1.54) is 12.1 Å². The van der Waals surface area contributed by atoms with Crippen LogP contribution in [0.3, 0.4) is 0 Å². The van der Waals surface area contributed by atoms with Gasteiger partial charge in [0.25, 0.3) is 0 Å². The molecule has 74 valence electrons. The first-order valence-electron chi connectivity index (χ1n) is 4.50. The minimum absolute atomic E-state index is 0.0152. The van der Waals surface area contributed by atoms with Crippen LogP contribution < -0.4 is 0 Å². The van der Waals surface area contributed by atoms with E-state index >= 15 is 0 Å². The summed E-state index contributed by atoms with van der Waals surface area (Å²) in [5.41, 5.74) is 1.43. The Morgan fingerprint density at radius 3 is 2.57 bits per heavy atom. The number of benzene rings is 1. The molecule has 3 heteroatoms. The van der Waals surface area contributed by atoms with Crippen molar-refractivity contribution >= 4 is 17.2 Å². The molecule has 2 N–H and O–H groups in total. The van der Waals surface area contributed by atoms with Crippen LogP contribution in [0.5, 0.6) is 11.5 Å². The van der Waals surface area contributed by atoms with Crippen LogP contribution in [0.2, 0.25) is 5.02 Å². The molecule has 0 saturated heterocycles. The van der Waals surface area contributed by atoms with Gasteiger partial charge >= 0.3 is 0 Å². The molecule has 1 aromatic rings. The Morgan fingerprint density at radius 1 is 1.36 bits per heavy atom. The fourth-order valence-corrected chi connectivity index (χ4v) is 1.69. The summed E-state index contributed by atoms with van der Waals surface area (Å²) in [6, 6.07) is 2.82. The van der Waals surface area contributed by atoms with Gasteiger partial charge in [0.2, 0.25) is 0 Å². The summed E-state index contributed by atoms with van der Waals surface area (Å²) in [4.78, 5) is 0. The van der Waals surface area contributed by atoms with Crippen molar-refractivity contribution in [3.05, 3.63) is 29.3 Å². The lowest BCUT2D eigenvalue weighted by Crippen LogP contribution is -1.86. The molecule has 0 spiro atoms. The third-order valence-corrected chi connectivity index (χ3v) is 2.75. The van der Waals surface area contributed by atoms with Gasteiger partial charge in [0.05, 0.1) is 5.02 Å². The third kappa shape index (κ3) is 1.58. The zero-order valence-corrected chi connectivity index (χ0v) is 8.38. The molecule has 0 amide bonds. The van der Waals surface area contributed by atoms with E-state index in [0.717, 1.165) is 18.4 Å². The Morgan fingerprint density at radius 2 is 2.00 bits per heavy atom. The SMILES string of the molecule is C=C(c1cc(O)cc(Cl)c1O)C1CC1. The van der Waals surface area contributed by atoms with E-state index in [2.05, 4.69) is 6.58 Å². The quantitative estimate of drug-likeness (QED) is 0.737. The van der Waals surface area contributed by atoms with Crippen molar-refractivity contribution in [1.29, 1.82) is 0 Å². The van der Waals surface area contributed by atoms with Gasteiger partial charge in [-0.2, -0.15) is 0 Å². The zero-order valence-electron chi connectivity index (χ0n) is 7.63. The van der Waals surface area contributed by atoms with Crippen LogP contribution in [0.4, 0.5) is 0 Å². The monoisotopic (exact) mass is 210 g/mol. The second-order valence-electron chi connectivity index (χ2n) is 3.62. The van der Waals surface area contributed by atoms with E-state index in [-0.39, 0.29) is 16.5 Å². The van der Waals surface area contributed by atoms with E-state index in [9.17, 15) is 10.2 Å². The molecule has 1 fully saturated rings. The van der Waals surface area contributed by atoms with Crippen molar-refractivity contribution in [3.8, 4) is 11.5 Å². The molecule has 2 rings (SSSR count). The van der Waals surface area contributed by atoms with Gasteiger partial charge < -0.3 is 10.2 Å². The summed E-state index contributed by atoms with van der Waals surface area (Å²) >= 11 is 5.74. The average molecular weight is 211 g/mol. The van der Waals surface area contributed by atoms with Gasteiger partial charge in [-0.25, -0.2) is 0 Å². The number of aromatic hydroxyl groups is 2. The lowest BCUT2D eigenvalue weighted by atomic mass is 10.0. The predicted molar refractivity (Wildman–Crippen MR) is 56.5 cm³/mol. The minimum atomic E-state index is 0.0152. The van der Waals surface area contributed by atoms with Gasteiger partial charge in [-0.05, 0) is 30.4 Å². The van der Waals surface area contributed by atoms with E-state index < -0.39 is 0 Å². The summed E-state index contributed by atoms with van der Waals surface area (Å²) < 4.78 is 0. The maximum absolute atomic E-state index is 9.67. The molecule has 0 aromatic heterocycles. The number of hydrogen-bond acceptors (Lipinski definition) is 2. The number of rotatable bonds is 2. The van der Waals surface area contributed by atoms with Crippen LogP contribution in [-0.4, -0.2) is 10.2 Å². The van der Waals surface area contributed by atoms with Gasteiger partial charge in [0.1, 0.15) is 11.5 Å². The molecule has 2 nitrogen and oxygen atoms in total. The van der Waals surface area contributed by atoms with Gasteiger partial charge in [0.15, 0.2) is 0 Å². The molecule has 0 bridgehead atoms. The van der Waals surface area contributed by atoms with E-state index in [1.807, 2.05) is 0 Å². The Kier molecular flexibility index (Phi) is 2.16. The second-order valence-corrected chi connectivity index (χ2v) is 4.03. The molecule has 1 saturated carbocycles. The Bertz CT molecular complexity index is 395. The van der Waals surface area contributed by atoms with E-state index in [4.69, 9.17) is 11.6 Å². The number of allylic oxidation sites excluding steroid dienone is 1. The first-order chi connectivity index (χ1) is 6.59. The maximum Gasteiger partial charge on any atom is 0.141 e. The van der Waals surface area contributed by atoms with Gasteiger partial charge in [-0.3, -0.25) is 0 Å². The van der Waals surface area contributed by atoms with Crippen LogP contribution in [-0.2, 0) is 0 Å². The molecule has 1 aliphatic carbocycles. The maximum atomic E-state index is 9.67. The van der Waals surface area contributed by atoms with Crippen LogP contribution in [0.25, 0.3) is 5.57 Å². The number of halogens is 1. The minimum Gasteiger partial charge on any atom is -0.508 e. The standard InChI is InChI=1S/C11H11ClO2/c1-6(7-2-3-7)9-4-8(13)5-10(12)11(9)14/h4-5,7,13-14H,1-3H2. The number of phenols is 2. The first kappa shape index (κ1) is 9.41. The normalized spacial score (nSPS) is 15.5. The average Bonchev–Trinajstić information content (AvgIpc) is 2.93. The summed E-state index contributed by atoms with van der Waals surface area (Å²) in [6.07, 6.45) is 2.21. The number of phenolic OH excluding ortho intramolecular Hbond substituents is 2. The molecule has 0 heterocycles. The fourth-order valence-electron chi connectivity index (χ4n) is 1.48. The van der Waals surface area contributed by atoms with Gasteiger partial charge in [-0.15, -0.1) is 0 Å². The van der Waals surface area contributed by atoms with Crippen LogP contribution in [0.1, 0.15) is 18.4 Å². The van der Waals surface area contributed by atoms with Gasteiger partial charge in [-0.1, -0.05) is 18.2 Å². The lowest BCUT2D eigenvalue weighted by Gasteiger charge is -2.08. The van der Waals surface area contributed by atoms with Crippen molar-refractivity contribution in [1.82, 2.24) is 0 Å². The van der Waals surface area contributed by atoms with Crippen LogP contribution in [0, 0.1) is 5.92 Å². The summed E-state index contributed by atoms with van der Waals surface area (Å²) in [7, 11) is 0. The third-order valence-electron chi connectivity index (χ3n) is 2.46. The highest BCUT2D eigenvalue weighted by Crippen LogP contribution is 2.45. The van der Waals surface area contributed by atoms with Crippen molar-refractivity contribution < 1.29 is 10.2 Å². The molecule has 0 atom stereocenters. The van der Waals surface area contributed by atoms with Crippen molar-refractivity contribution in [2.75, 3.05) is 0 Å². The van der Waals surface area contributed by atoms with Crippen molar-refractivity contribution in [2.24, 2.45) is 5.92 Å². The lowest BCUT2D eigenvalue weighted by molar-refractivity contribution is 0.458. The molecular formula is C11H11ClO2. The Hall–Kier alpha value is -1.15. The summed E-state index contributed by atoms with van der Waals surface area (Å²) in [5, 5.41) is 19.2. The van der Waals surface area contributed by atoms with Crippen LogP contribution in [0.15, 0.2) is 18.7 Å². The topological polar surface area (TPSA) is 40.5 Å². The summed E-state index contributed by atoms with van der Waals surface area (Å²) in [6.45, 7) is 3.90. The highest BCUT2D eigenvalue weighted by Gasteiger charge is 2.27. The Balaban J connectivity index is 2.45. The zero-order chi connectivity index (χ0) is 10.3. The molecule has 0 aliphatic heterocycles. The molecular weight excluding hydrogens is 200 g/mol. The number of hydrogen-bond donors (Lipinski definition) is 2. The fraction of sp³-hybridized carbons (Fsp3) is 0.273. The van der Waals surface area contributed by atoms with Crippen molar-refractivity contribution in [3.63, 3.8) is 0 Å². The molecule has 1 aliphatic rings. The van der Waals surface area contributed by atoms with E-state index in [1.54, 1.807) is 0 Å². The predicted octanol–water partition coefficient (Wildman–Crippen LogP) is 3.17. The Labute approximate surface area is 87.5 Å². The van der Waals surface area contributed by atoms with Crippen molar-refractivity contribution in [2.45, 2.75) is 12.8 Å². The summed E-state index contributed by atoms with van der Waals surface area (Å²) in [5.74, 6) is 0.518. The smallest absolute Gasteiger partial charge is 0.141 e. The first-order valence-corrected chi connectivity index (χ1v) is 4.88. The molecule has 14 heavy (non-hydrogen) atoms. The highest BCUT2D eigenvalue weighted by molar-refractivity contribution is 6.32. The molecule has 0 unspecified atom stereocenters. The second kappa shape index (κ2) is 3.21.